The molecule has 66 valence electrons. The fourth-order valence-corrected chi connectivity index (χ4v) is 1.89. The quantitative estimate of drug-likeness (QED) is 0.676. The molecule has 0 heterocycles. The van der Waals surface area contributed by atoms with E-state index in [0.29, 0.717) is 0 Å². The Morgan fingerprint density at radius 3 is 2.45 bits per heavy atom. The molecule has 0 saturated heterocycles. The maximum absolute atomic E-state index is 11.9. The third-order valence-corrected chi connectivity index (χ3v) is 2.53. The number of halogens is 2. The zero-order chi connectivity index (χ0) is 8.27. The van der Waals surface area contributed by atoms with Crippen LogP contribution < -0.4 is 0 Å². The van der Waals surface area contributed by atoms with E-state index in [4.69, 9.17) is 5.11 Å². The van der Waals surface area contributed by atoms with Gasteiger partial charge in [0.1, 0.15) is 0 Å². The van der Waals surface area contributed by atoms with Crippen molar-refractivity contribution in [3.05, 3.63) is 0 Å². The first-order chi connectivity index (χ1) is 5.24. The summed E-state index contributed by atoms with van der Waals surface area (Å²) in [6, 6.07) is 0. The zero-order valence-corrected chi connectivity index (χ0v) is 6.47. The molecule has 0 aromatic carbocycles. The number of hydrogen-bond acceptors (Lipinski definition) is 1. The highest BCUT2D eigenvalue weighted by Crippen LogP contribution is 2.35. The predicted octanol–water partition coefficient (Wildman–Crippen LogP) is 2.05. The maximum Gasteiger partial charge on any atom is 0.238 e. The molecule has 11 heavy (non-hydrogen) atoms. The number of aliphatic hydroxyl groups excluding tert-OH is 1. The van der Waals surface area contributed by atoms with Gasteiger partial charge in [-0.3, -0.25) is 0 Å². The lowest BCUT2D eigenvalue weighted by Crippen LogP contribution is -2.14. The lowest BCUT2D eigenvalue weighted by atomic mass is 9.94. The van der Waals surface area contributed by atoms with Crippen LogP contribution in [0.1, 0.15) is 25.7 Å². The summed E-state index contributed by atoms with van der Waals surface area (Å²) in [6.45, 7) is 0.0807. The topological polar surface area (TPSA) is 20.2 Å². The SMILES string of the molecule is OCC1CCCC1CC(F)F. The van der Waals surface area contributed by atoms with Crippen molar-refractivity contribution in [2.24, 2.45) is 11.8 Å². The van der Waals surface area contributed by atoms with Crippen molar-refractivity contribution in [2.75, 3.05) is 6.61 Å². The first-order valence-corrected chi connectivity index (χ1v) is 4.13. The second-order valence-corrected chi connectivity index (χ2v) is 3.26. The van der Waals surface area contributed by atoms with Gasteiger partial charge in [-0.05, 0) is 24.7 Å². The second-order valence-electron chi connectivity index (χ2n) is 3.26. The molecule has 1 nitrogen and oxygen atoms in total. The minimum absolute atomic E-state index is 0.0226. The number of alkyl halides is 2. The van der Waals surface area contributed by atoms with Gasteiger partial charge < -0.3 is 5.11 Å². The molecule has 0 bridgehead atoms. The number of aliphatic hydroxyl groups is 1. The van der Waals surface area contributed by atoms with E-state index >= 15 is 0 Å². The van der Waals surface area contributed by atoms with E-state index in [1.807, 2.05) is 0 Å². The van der Waals surface area contributed by atoms with Gasteiger partial charge >= 0.3 is 0 Å². The molecule has 1 aliphatic carbocycles. The summed E-state index contributed by atoms with van der Waals surface area (Å²) < 4.78 is 23.8. The molecular weight excluding hydrogens is 150 g/mol. The first kappa shape index (κ1) is 8.91. The van der Waals surface area contributed by atoms with E-state index in [1.54, 1.807) is 0 Å². The molecule has 0 radical (unpaired) electrons. The van der Waals surface area contributed by atoms with Crippen molar-refractivity contribution in [1.29, 1.82) is 0 Å². The molecule has 1 aliphatic rings. The molecule has 1 fully saturated rings. The number of rotatable bonds is 3. The van der Waals surface area contributed by atoms with Crippen LogP contribution in [0.2, 0.25) is 0 Å². The monoisotopic (exact) mass is 164 g/mol. The molecule has 0 aromatic heterocycles. The highest BCUT2D eigenvalue weighted by molar-refractivity contribution is 4.77. The van der Waals surface area contributed by atoms with Crippen LogP contribution in [0.4, 0.5) is 8.78 Å². The van der Waals surface area contributed by atoms with Crippen LogP contribution in [0.3, 0.4) is 0 Å². The first-order valence-electron chi connectivity index (χ1n) is 4.13. The Morgan fingerprint density at radius 1 is 1.27 bits per heavy atom. The molecule has 2 unspecified atom stereocenters. The molecule has 2 atom stereocenters. The molecule has 1 saturated carbocycles. The Labute approximate surface area is 65.4 Å². The van der Waals surface area contributed by atoms with Crippen LogP contribution in [0.15, 0.2) is 0 Å². The van der Waals surface area contributed by atoms with Crippen LogP contribution in [-0.4, -0.2) is 18.1 Å². The van der Waals surface area contributed by atoms with E-state index in [0.717, 1.165) is 19.3 Å². The summed E-state index contributed by atoms with van der Waals surface area (Å²) in [5, 5.41) is 8.80. The van der Waals surface area contributed by atoms with E-state index in [2.05, 4.69) is 0 Å². The Kier molecular flexibility index (Phi) is 3.24. The van der Waals surface area contributed by atoms with Gasteiger partial charge in [-0.25, -0.2) is 8.78 Å². The summed E-state index contributed by atoms with van der Waals surface area (Å²) in [5.41, 5.74) is 0. The second kappa shape index (κ2) is 4.00. The van der Waals surface area contributed by atoms with E-state index in [9.17, 15) is 8.78 Å². The van der Waals surface area contributed by atoms with E-state index in [-0.39, 0.29) is 24.9 Å². The van der Waals surface area contributed by atoms with Crippen LogP contribution >= 0.6 is 0 Å². The Bertz CT molecular complexity index is 117. The van der Waals surface area contributed by atoms with Crippen molar-refractivity contribution in [2.45, 2.75) is 32.1 Å². The summed E-state index contributed by atoms with van der Waals surface area (Å²) in [5.74, 6) is 0.212. The van der Waals surface area contributed by atoms with Gasteiger partial charge in [-0.1, -0.05) is 6.42 Å². The molecule has 0 aromatic rings. The van der Waals surface area contributed by atoms with Gasteiger partial charge in [0.2, 0.25) is 6.43 Å². The Morgan fingerprint density at radius 2 is 1.91 bits per heavy atom. The van der Waals surface area contributed by atoms with Crippen molar-refractivity contribution < 1.29 is 13.9 Å². The summed E-state index contributed by atoms with van der Waals surface area (Å²) in [4.78, 5) is 0. The minimum atomic E-state index is -2.20. The standard InChI is InChI=1S/C8H14F2O/c9-8(10)4-6-2-1-3-7(6)5-11/h6-8,11H,1-5H2. The van der Waals surface area contributed by atoms with Gasteiger partial charge in [0.05, 0.1) is 0 Å². The zero-order valence-electron chi connectivity index (χ0n) is 6.47. The van der Waals surface area contributed by atoms with Gasteiger partial charge in [0.15, 0.2) is 0 Å². The van der Waals surface area contributed by atoms with Gasteiger partial charge in [-0.2, -0.15) is 0 Å². The predicted molar refractivity (Wildman–Crippen MR) is 38.5 cm³/mol. The van der Waals surface area contributed by atoms with E-state index < -0.39 is 6.43 Å². The van der Waals surface area contributed by atoms with Crippen LogP contribution in [0, 0.1) is 11.8 Å². The molecule has 1 rings (SSSR count). The largest absolute Gasteiger partial charge is 0.396 e. The lowest BCUT2D eigenvalue weighted by Gasteiger charge is -2.15. The number of hydrogen-bond donors (Lipinski definition) is 1. The molecule has 3 heteroatoms. The van der Waals surface area contributed by atoms with Crippen LogP contribution in [0.25, 0.3) is 0 Å². The smallest absolute Gasteiger partial charge is 0.238 e. The van der Waals surface area contributed by atoms with E-state index in [1.165, 1.54) is 0 Å². The van der Waals surface area contributed by atoms with Gasteiger partial charge in [0, 0.05) is 13.0 Å². The van der Waals surface area contributed by atoms with Gasteiger partial charge in [-0.15, -0.1) is 0 Å². The average Bonchev–Trinajstić information content (AvgIpc) is 2.34. The Hall–Kier alpha value is -0.180. The van der Waals surface area contributed by atoms with Crippen molar-refractivity contribution in [3.8, 4) is 0 Å². The Balaban J connectivity index is 2.31. The van der Waals surface area contributed by atoms with Crippen molar-refractivity contribution in [1.82, 2.24) is 0 Å². The third kappa shape index (κ3) is 2.40. The lowest BCUT2D eigenvalue weighted by molar-refractivity contribution is 0.0909. The molecule has 1 N–H and O–H groups in total. The molecule has 0 spiro atoms. The summed E-state index contributed by atoms with van der Waals surface area (Å²) in [6.07, 6.45) is 0.573. The molecule has 0 aliphatic heterocycles. The minimum Gasteiger partial charge on any atom is -0.396 e. The average molecular weight is 164 g/mol. The summed E-state index contributed by atoms with van der Waals surface area (Å²) in [7, 11) is 0. The highest BCUT2D eigenvalue weighted by Gasteiger charge is 2.28. The van der Waals surface area contributed by atoms with Crippen molar-refractivity contribution >= 4 is 0 Å². The van der Waals surface area contributed by atoms with Crippen LogP contribution in [-0.2, 0) is 0 Å². The highest BCUT2D eigenvalue weighted by atomic mass is 19.3. The fraction of sp³-hybridized carbons (Fsp3) is 1.00. The third-order valence-electron chi connectivity index (χ3n) is 2.53. The normalized spacial score (nSPS) is 31.6. The molecular formula is C8H14F2O. The van der Waals surface area contributed by atoms with Gasteiger partial charge in [0.25, 0.3) is 0 Å². The maximum atomic E-state index is 11.9. The summed E-state index contributed by atoms with van der Waals surface area (Å²) >= 11 is 0. The fourth-order valence-electron chi connectivity index (χ4n) is 1.89. The van der Waals surface area contributed by atoms with Crippen molar-refractivity contribution in [3.63, 3.8) is 0 Å². The van der Waals surface area contributed by atoms with Crippen LogP contribution in [0.5, 0.6) is 0 Å². The molecule has 0 amide bonds.